The Kier molecular flexibility index (Phi) is 6.43. The molecule has 0 saturated carbocycles. The van der Waals surface area contributed by atoms with Gasteiger partial charge in [-0.3, -0.25) is 0 Å². The van der Waals surface area contributed by atoms with Crippen molar-refractivity contribution in [3.63, 3.8) is 0 Å². The summed E-state index contributed by atoms with van der Waals surface area (Å²) in [6.07, 6.45) is 0. The first kappa shape index (κ1) is 27.0. The Morgan fingerprint density at radius 1 is 0.319 bits per heavy atom. The zero-order valence-electron chi connectivity index (χ0n) is 25.3. The molecule has 0 bridgehead atoms. The van der Waals surface area contributed by atoms with Gasteiger partial charge in [-0.05, 0) is 69.4 Å². The summed E-state index contributed by atoms with van der Waals surface area (Å²) >= 11 is 0. The van der Waals surface area contributed by atoms with Crippen LogP contribution in [-0.4, -0.2) is 15.0 Å². The number of aromatic nitrogens is 3. The number of benzene rings is 7. The van der Waals surface area contributed by atoms with Crippen molar-refractivity contribution in [2.45, 2.75) is 0 Å². The molecule has 220 valence electrons. The van der Waals surface area contributed by atoms with Crippen LogP contribution in [0.3, 0.4) is 0 Å². The van der Waals surface area contributed by atoms with Crippen molar-refractivity contribution in [1.29, 1.82) is 0 Å². The van der Waals surface area contributed by atoms with Gasteiger partial charge in [0.05, 0.1) is 0 Å². The van der Waals surface area contributed by atoms with E-state index in [1.807, 2.05) is 54.6 Å². The summed E-state index contributed by atoms with van der Waals surface area (Å²) in [5.74, 6) is 1.88. The lowest BCUT2D eigenvalue weighted by Gasteiger charge is -2.14. The van der Waals surface area contributed by atoms with Gasteiger partial charge in [-0.25, -0.2) is 15.0 Å². The molecule has 0 fully saturated rings. The van der Waals surface area contributed by atoms with E-state index in [4.69, 9.17) is 19.4 Å². The van der Waals surface area contributed by atoms with Gasteiger partial charge in [0.1, 0.15) is 11.2 Å². The summed E-state index contributed by atoms with van der Waals surface area (Å²) < 4.78 is 6.20. The minimum absolute atomic E-state index is 0.618. The average molecular weight is 602 g/mol. The SMILES string of the molecule is c1ccc(-c2nc(-c3cccc(-c4ccc5c(c4)oc4ccccc45)c3)nc(-c3cc4ccccc4cc3-c3ccccc3)n2)cc1. The molecule has 4 nitrogen and oxygen atoms in total. The third kappa shape index (κ3) is 4.93. The molecule has 0 saturated heterocycles. The van der Waals surface area contributed by atoms with E-state index in [0.717, 1.165) is 66.3 Å². The van der Waals surface area contributed by atoms with Crippen molar-refractivity contribution in [2.75, 3.05) is 0 Å². The molecule has 9 aromatic rings. The number of hydrogen-bond acceptors (Lipinski definition) is 4. The van der Waals surface area contributed by atoms with E-state index < -0.39 is 0 Å². The zero-order valence-corrected chi connectivity index (χ0v) is 25.3. The van der Waals surface area contributed by atoms with Crippen molar-refractivity contribution in [3.8, 4) is 56.4 Å². The van der Waals surface area contributed by atoms with Gasteiger partial charge in [-0.1, -0.05) is 127 Å². The van der Waals surface area contributed by atoms with Crippen LogP contribution in [0.4, 0.5) is 0 Å². The molecule has 47 heavy (non-hydrogen) atoms. The normalized spacial score (nSPS) is 11.4. The highest BCUT2D eigenvalue weighted by molar-refractivity contribution is 6.06. The lowest BCUT2D eigenvalue weighted by molar-refractivity contribution is 0.669. The maximum Gasteiger partial charge on any atom is 0.164 e. The molecule has 4 heteroatoms. The van der Waals surface area contributed by atoms with E-state index in [9.17, 15) is 0 Å². The van der Waals surface area contributed by atoms with E-state index in [1.165, 1.54) is 5.39 Å². The minimum Gasteiger partial charge on any atom is -0.456 e. The first-order chi connectivity index (χ1) is 23.3. The van der Waals surface area contributed by atoms with Crippen LogP contribution in [0, 0.1) is 0 Å². The Morgan fingerprint density at radius 2 is 0.872 bits per heavy atom. The van der Waals surface area contributed by atoms with Crippen LogP contribution in [0.15, 0.2) is 168 Å². The van der Waals surface area contributed by atoms with E-state index >= 15 is 0 Å². The van der Waals surface area contributed by atoms with Gasteiger partial charge in [0.2, 0.25) is 0 Å². The van der Waals surface area contributed by atoms with E-state index in [0.29, 0.717) is 17.5 Å². The molecular formula is C43H27N3O. The molecule has 0 unspecified atom stereocenters. The van der Waals surface area contributed by atoms with Crippen LogP contribution in [0.5, 0.6) is 0 Å². The molecule has 0 radical (unpaired) electrons. The van der Waals surface area contributed by atoms with Crippen molar-refractivity contribution in [3.05, 3.63) is 164 Å². The van der Waals surface area contributed by atoms with Gasteiger partial charge in [-0.15, -0.1) is 0 Å². The fourth-order valence-corrected chi connectivity index (χ4v) is 6.37. The predicted molar refractivity (Wildman–Crippen MR) is 192 cm³/mol. The number of para-hydroxylation sites is 1. The number of nitrogens with zero attached hydrogens (tertiary/aromatic N) is 3. The summed E-state index contributed by atoms with van der Waals surface area (Å²) in [7, 11) is 0. The van der Waals surface area contributed by atoms with Gasteiger partial charge in [-0.2, -0.15) is 0 Å². The number of hydrogen-bond donors (Lipinski definition) is 0. The second-order valence-corrected chi connectivity index (χ2v) is 11.7. The molecule has 0 spiro atoms. The van der Waals surface area contributed by atoms with Crippen LogP contribution in [0.2, 0.25) is 0 Å². The van der Waals surface area contributed by atoms with Gasteiger partial charge >= 0.3 is 0 Å². The second kappa shape index (κ2) is 11.2. The maximum atomic E-state index is 6.20. The predicted octanol–water partition coefficient (Wildman–Crippen LogP) is 11.3. The van der Waals surface area contributed by atoms with E-state index in [2.05, 4.69) is 109 Å². The molecule has 0 amide bonds. The summed E-state index contributed by atoms with van der Waals surface area (Å²) in [6.45, 7) is 0. The standard InChI is InChI=1S/C43H27N3O/c1-3-12-28(13-4-1)37-25-31-16-7-8-17-32(31)26-38(37)43-45-41(29-14-5-2-6-15-29)44-42(46-43)34-19-11-18-30(24-34)33-22-23-36-35-20-9-10-21-39(35)47-40(36)27-33/h1-27H. The Balaban J connectivity index is 1.23. The van der Waals surface area contributed by atoms with Crippen molar-refractivity contribution < 1.29 is 4.42 Å². The average Bonchev–Trinajstić information content (AvgIpc) is 3.53. The molecule has 0 aliphatic carbocycles. The molecule has 2 heterocycles. The number of rotatable bonds is 5. The van der Waals surface area contributed by atoms with Crippen LogP contribution < -0.4 is 0 Å². The third-order valence-corrected chi connectivity index (χ3v) is 8.71. The highest BCUT2D eigenvalue weighted by Crippen LogP contribution is 2.37. The first-order valence-corrected chi connectivity index (χ1v) is 15.7. The molecule has 0 aliphatic rings. The summed E-state index contributed by atoms with van der Waals surface area (Å²) in [6, 6.07) is 56.4. The van der Waals surface area contributed by atoms with Crippen molar-refractivity contribution in [1.82, 2.24) is 15.0 Å². The quantitative estimate of drug-likeness (QED) is 0.197. The highest BCUT2D eigenvalue weighted by atomic mass is 16.3. The Labute approximate surface area is 271 Å². The number of fused-ring (bicyclic) bond motifs is 4. The topological polar surface area (TPSA) is 51.8 Å². The van der Waals surface area contributed by atoms with Gasteiger partial charge in [0.15, 0.2) is 17.5 Å². The largest absolute Gasteiger partial charge is 0.456 e. The summed E-state index contributed by atoms with van der Waals surface area (Å²) in [4.78, 5) is 15.3. The van der Waals surface area contributed by atoms with Crippen LogP contribution in [0.1, 0.15) is 0 Å². The fraction of sp³-hybridized carbons (Fsp3) is 0. The van der Waals surface area contributed by atoms with Crippen LogP contribution >= 0.6 is 0 Å². The molecule has 0 N–H and O–H groups in total. The second-order valence-electron chi connectivity index (χ2n) is 11.7. The molecule has 2 aromatic heterocycles. The third-order valence-electron chi connectivity index (χ3n) is 8.71. The molecule has 7 aromatic carbocycles. The number of furan rings is 1. The van der Waals surface area contributed by atoms with Crippen LogP contribution in [-0.2, 0) is 0 Å². The molecule has 0 atom stereocenters. The Morgan fingerprint density at radius 3 is 1.66 bits per heavy atom. The summed E-state index contributed by atoms with van der Waals surface area (Å²) in [5, 5.41) is 4.53. The van der Waals surface area contributed by atoms with E-state index in [1.54, 1.807) is 0 Å². The summed E-state index contributed by atoms with van der Waals surface area (Å²) in [5.41, 5.74) is 8.88. The Bertz CT molecular complexity index is 2570. The van der Waals surface area contributed by atoms with Crippen LogP contribution in [0.25, 0.3) is 89.1 Å². The molecule has 0 aliphatic heterocycles. The first-order valence-electron chi connectivity index (χ1n) is 15.7. The van der Waals surface area contributed by atoms with Gasteiger partial charge < -0.3 is 4.42 Å². The van der Waals surface area contributed by atoms with Gasteiger partial charge in [0.25, 0.3) is 0 Å². The monoisotopic (exact) mass is 601 g/mol. The van der Waals surface area contributed by atoms with Crippen molar-refractivity contribution in [2.24, 2.45) is 0 Å². The zero-order chi connectivity index (χ0) is 31.2. The smallest absolute Gasteiger partial charge is 0.164 e. The molecular weight excluding hydrogens is 574 g/mol. The lowest BCUT2D eigenvalue weighted by atomic mass is 9.95. The Hall–Kier alpha value is -6.39. The van der Waals surface area contributed by atoms with Crippen molar-refractivity contribution >= 4 is 32.7 Å². The maximum absolute atomic E-state index is 6.20. The minimum atomic E-state index is 0.618. The highest BCUT2D eigenvalue weighted by Gasteiger charge is 2.17. The van der Waals surface area contributed by atoms with E-state index in [-0.39, 0.29) is 0 Å². The fourth-order valence-electron chi connectivity index (χ4n) is 6.37. The van der Waals surface area contributed by atoms with Gasteiger partial charge in [0, 0.05) is 27.5 Å². The lowest BCUT2D eigenvalue weighted by Crippen LogP contribution is -2.01. The molecule has 9 rings (SSSR count).